The predicted molar refractivity (Wildman–Crippen MR) is 131 cm³/mol. The Balaban J connectivity index is 1.52. The minimum Gasteiger partial charge on any atom is -0.497 e. The Bertz CT molecular complexity index is 1330. The van der Waals surface area contributed by atoms with Crippen LogP contribution in [0.25, 0.3) is 28.2 Å². The largest absolute Gasteiger partial charge is 0.497 e. The van der Waals surface area contributed by atoms with Crippen molar-refractivity contribution in [1.82, 2.24) is 14.8 Å². The standard InChI is InChI=1S/C25H19ClN4OS/c1-31-21-13-11-19(12-14-21)27-25-28-23(16-32-25)22-15-30(20-5-3-2-4-6-20)29-24(22)17-7-9-18(26)10-8-17/h2-16H,1H3,(H,27,28). The molecule has 0 aliphatic carbocycles. The van der Waals surface area contributed by atoms with Gasteiger partial charge in [0.1, 0.15) is 11.4 Å². The maximum atomic E-state index is 6.10. The van der Waals surface area contributed by atoms with E-state index in [1.165, 1.54) is 0 Å². The van der Waals surface area contributed by atoms with Gasteiger partial charge in [0.15, 0.2) is 5.13 Å². The second-order valence-corrected chi connectivity index (χ2v) is 8.36. The number of thiazole rings is 1. The van der Waals surface area contributed by atoms with Crippen molar-refractivity contribution >= 4 is 33.8 Å². The number of methoxy groups -OCH3 is 1. The van der Waals surface area contributed by atoms with Crippen LogP contribution in [0.1, 0.15) is 0 Å². The lowest BCUT2D eigenvalue weighted by molar-refractivity contribution is 0.415. The molecular formula is C25H19ClN4OS. The molecule has 3 aromatic carbocycles. The molecule has 1 N–H and O–H groups in total. The van der Waals surface area contributed by atoms with Crippen LogP contribution in [0.2, 0.25) is 5.02 Å². The smallest absolute Gasteiger partial charge is 0.187 e. The van der Waals surface area contributed by atoms with E-state index in [-0.39, 0.29) is 0 Å². The highest BCUT2D eigenvalue weighted by Crippen LogP contribution is 2.35. The molecule has 5 nitrogen and oxygen atoms in total. The van der Waals surface area contributed by atoms with Crippen LogP contribution in [0.4, 0.5) is 10.8 Å². The van der Waals surface area contributed by atoms with Gasteiger partial charge in [-0.05, 0) is 48.5 Å². The van der Waals surface area contributed by atoms with Gasteiger partial charge in [0.05, 0.1) is 18.5 Å². The minimum absolute atomic E-state index is 0.692. The number of anilines is 2. The first-order chi connectivity index (χ1) is 15.7. The van der Waals surface area contributed by atoms with Crippen molar-refractivity contribution in [3.63, 3.8) is 0 Å². The van der Waals surface area contributed by atoms with Gasteiger partial charge in [0.25, 0.3) is 0 Å². The van der Waals surface area contributed by atoms with E-state index in [4.69, 9.17) is 26.4 Å². The molecule has 0 amide bonds. The van der Waals surface area contributed by atoms with E-state index in [1.54, 1.807) is 18.4 Å². The summed E-state index contributed by atoms with van der Waals surface area (Å²) in [5.41, 5.74) is 5.59. The number of hydrogen-bond acceptors (Lipinski definition) is 5. The third-order valence-electron chi connectivity index (χ3n) is 4.97. The summed E-state index contributed by atoms with van der Waals surface area (Å²) in [5.74, 6) is 0.816. The number of para-hydroxylation sites is 1. The highest BCUT2D eigenvalue weighted by atomic mass is 35.5. The Hall–Kier alpha value is -3.61. The second kappa shape index (κ2) is 8.86. The van der Waals surface area contributed by atoms with Crippen LogP contribution < -0.4 is 10.1 Å². The summed E-state index contributed by atoms with van der Waals surface area (Å²) in [6.45, 7) is 0. The Kier molecular flexibility index (Phi) is 5.62. The van der Waals surface area contributed by atoms with Crippen LogP contribution >= 0.6 is 22.9 Å². The second-order valence-electron chi connectivity index (χ2n) is 7.07. The molecule has 158 valence electrons. The predicted octanol–water partition coefficient (Wildman–Crippen LogP) is 7.07. The molecule has 0 atom stereocenters. The van der Waals surface area contributed by atoms with Gasteiger partial charge < -0.3 is 10.1 Å². The lowest BCUT2D eigenvalue weighted by Gasteiger charge is -2.04. The molecular weight excluding hydrogens is 440 g/mol. The van der Waals surface area contributed by atoms with Gasteiger partial charge in [-0.3, -0.25) is 0 Å². The van der Waals surface area contributed by atoms with Gasteiger partial charge in [-0.25, -0.2) is 9.67 Å². The van der Waals surface area contributed by atoms with Crippen LogP contribution in [-0.4, -0.2) is 21.9 Å². The van der Waals surface area contributed by atoms with Crippen LogP contribution in [0.5, 0.6) is 5.75 Å². The molecule has 32 heavy (non-hydrogen) atoms. The van der Waals surface area contributed by atoms with Crippen molar-refractivity contribution in [2.24, 2.45) is 0 Å². The van der Waals surface area contributed by atoms with Crippen LogP contribution in [0.3, 0.4) is 0 Å². The molecule has 0 aliphatic rings. The van der Waals surface area contributed by atoms with Crippen LogP contribution in [0.15, 0.2) is 90.4 Å². The first kappa shape index (κ1) is 20.3. The third kappa shape index (κ3) is 4.23. The quantitative estimate of drug-likeness (QED) is 0.295. The van der Waals surface area contributed by atoms with E-state index < -0.39 is 0 Å². The first-order valence-corrected chi connectivity index (χ1v) is 11.2. The molecule has 5 rings (SSSR count). The zero-order valence-corrected chi connectivity index (χ0v) is 18.8. The molecule has 0 saturated carbocycles. The summed E-state index contributed by atoms with van der Waals surface area (Å²) >= 11 is 7.65. The highest BCUT2D eigenvalue weighted by Gasteiger charge is 2.17. The molecule has 0 bridgehead atoms. The topological polar surface area (TPSA) is 52.0 Å². The van der Waals surface area contributed by atoms with Crippen LogP contribution in [-0.2, 0) is 0 Å². The number of benzene rings is 3. The van der Waals surface area contributed by atoms with Crippen molar-refractivity contribution in [3.05, 3.63) is 95.5 Å². The van der Waals surface area contributed by atoms with E-state index in [0.717, 1.165) is 44.8 Å². The van der Waals surface area contributed by atoms with Crippen molar-refractivity contribution in [2.75, 3.05) is 12.4 Å². The Morgan fingerprint density at radius 2 is 1.69 bits per heavy atom. The van der Waals surface area contributed by atoms with E-state index >= 15 is 0 Å². The summed E-state index contributed by atoms with van der Waals surface area (Å²) in [6.07, 6.45) is 2.02. The SMILES string of the molecule is COc1ccc(Nc2nc(-c3cn(-c4ccccc4)nc3-c3ccc(Cl)cc3)cs2)cc1. The van der Waals surface area contributed by atoms with Crippen molar-refractivity contribution in [1.29, 1.82) is 0 Å². The fourth-order valence-electron chi connectivity index (χ4n) is 3.35. The lowest BCUT2D eigenvalue weighted by atomic mass is 10.1. The van der Waals surface area contributed by atoms with E-state index in [0.29, 0.717) is 5.02 Å². The molecule has 0 radical (unpaired) electrons. The highest BCUT2D eigenvalue weighted by molar-refractivity contribution is 7.14. The maximum Gasteiger partial charge on any atom is 0.187 e. The number of hydrogen-bond donors (Lipinski definition) is 1. The fraction of sp³-hybridized carbons (Fsp3) is 0.0400. The van der Waals surface area contributed by atoms with Gasteiger partial charge in [0.2, 0.25) is 0 Å². The Labute approximate surface area is 194 Å². The molecule has 7 heteroatoms. The normalized spacial score (nSPS) is 10.8. The third-order valence-corrected chi connectivity index (χ3v) is 5.98. The number of nitrogens with zero attached hydrogens (tertiary/aromatic N) is 3. The van der Waals surface area contributed by atoms with Gasteiger partial charge in [0, 0.05) is 33.4 Å². The maximum absolute atomic E-state index is 6.10. The summed E-state index contributed by atoms with van der Waals surface area (Å²) in [4.78, 5) is 4.83. The number of nitrogens with one attached hydrogen (secondary N) is 1. The molecule has 0 spiro atoms. The van der Waals surface area contributed by atoms with Crippen LogP contribution in [0, 0.1) is 0 Å². The number of aromatic nitrogens is 3. The zero-order chi connectivity index (χ0) is 21.9. The molecule has 0 aliphatic heterocycles. The van der Waals surface area contributed by atoms with Crippen molar-refractivity contribution < 1.29 is 4.74 Å². The summed E-state index contributed by atoms with van der Waals surface area (Å²) in [6, 6.07) is 25.5. The molecule has 0 fully saturated rings. The van der Waals surface area contributed by atoms with Gasteiger partial charge in [-0.1, -0.05) is 41.9 Å². The molecule has 2 heterocycles. The first-order valence-electron chi connectivity index (χ1n) is 9.97. The Morgan fingerprint density at radius 1 is 0.938 bits per heavy atom. The Morgan fingerprint density at radius 3 is 2.41 bits per heavy atom. The van der Waals surface area contributed by atoms with Gasteiger partial charge >= 0.3 is 0 Å². The average Bonchev–Trinajstić information content (AvgIpc) is 3.48. The van der Waals surface area contributed by atoms with Crippen molar-refractivity contribution in [2.45, 2.75) is 0 Å². The summed E-state index contributed by atoms with van der Waals surface area (Å²) in [7, 11) is 1.66. The summed E-state index contributed by atoms with van der Waals surface area (Å²) < 4.78 is 7.11. The minimum atomic E-state index is 0.692. The van der Waals surface area contributed by atoms with Crippen molar-refractivity contribution in [3.8, 4) is 34.0 Å². The van der Waals surface area contributed by atoms with Gasteiger partial charge in [-0.15, -0.1) is 11.3 Å². The monoisotopic (exact) mass is 458 g/mol. The van der Waals surface area contributed by atoms with E-state index in [1.807, 2.05) is 95.1 Å². The molecule has 0 saturated heterocycles. The van der Waals surface area contributed by atoms with E-state index in [9.17, 15) is 0 Å². The zero-order valence-electron chi connectivity index (χ0n) is 17.2. The number of rotatable bonds is 6. The fourth-order valence-corrected chi connectivity index (χ4v) is 4.20. The average molecular weight is 459 g/mol. The number of halogens is 1. The molecule has 5 aromatic rings. The summed E-state index contributed by atoms with van der Waals surface area (Å²) in [5, 5.41) is 11.8. The lowest BCUT2D eigenvalue weighted by Crippen LogP contribution is -1.93. The molecule has 0 unspecified atom stereocenters. The number of ether oxygens (including phenoxy) is 1. The van der Waals surface area contributed by atoms with Gasteiger partial charge in [-0.2, -0.15) is 5.10 Å². The van der Waals surface area contributed by atoms with E-state index in [2.05, 4.69) is 5.32 Å². The molecule has 2 aromatic heterocycles.